The van der Waals surface area contributed by atoms with Crippen molar-refractivity contribution in [1.82, 2.24) is 0 Å². The topological polar surface area (TPSA) is 92.8 Å². The van der Waals surface area contributed by atoms with Gasteiger partial charge in [-0.3, -0.25) is 19.3 Å². The number of esters is 1. The van der Waals surface area contributed by atoms with Gasteiger partial charge < -0.3 is 10.1 Å². The molecule has 5 rings (SSSR count). The van der Waals surface area contributed by atoms with E-state index < -0.39 is 18.5 Å². The maximum Gasteiger partial charge on any atom is 0.338 e. The van der Waals surface area contributed by atoms with Crippen LogP contribution in [0.25, 0.3) is 0 Å². The predicted octanol–water partition coefficient (Wildman–Crippen LogP) is 3.67. The van der Waals surface area contributed by atoms with E-state index in [0.29, 0.717) is 28.2 Å². The zero-order valence-corrected chi connectivity index (χ0v) is 17.9. The number of carbonyl (C=O) groups excluding carboxylic acids is 4. The highest BCUT2D eigenvalue weighted by Crippen LogP contribution is 2.56. The third kappa shape index (κ3) is 3.56. The molecule has 2 aromatic rings. The summed E-state index contributed by atoms with van der Waals surface area (Å²) >= 11 is 5.88. The highest BCUT2D eigenvalue weighted by atomic mass is 35.5. The third-order valence-electron chi connectivity index (χ3n) is 6.73. The first kappa shape index (κ1) is 20.7. The standard InChI is InChI=1S/C24H21ClN2O5/c25-16-2-1-3-17(11-16)26-19(28)12-32-24(31)13-6-8-18(9-7-13)27-22(29)20-14-4-5-15(10-14)21(20)23(27)30/h1-3,6-9,11,14-15,20-21H,4-5,10,12H2,(H,26,28)/t14-,15-,20-,21+/m0/s1. The number of hydrogen-bond donors (Lipinski definition) is 1. The molecular weight excluding hydrogens is 432 g/mol. The van der Waals surface area contributed by atoms with Crippen LogP contribution in [-0.2, 0) is 19.1 Å². The van der Waals surface area contributed by atoms with Gasteiger partial charge in [-0.15, -0.1) is 0 Å². The molecule has 0 aromatic heterocycles. The molecule has 32 heavy (non-hydrogen) atoms. The summed E-state index contributed by atoms with van der Waals surface area (Å²) in [6.45, 7) is -0.456. The zero-order valence-electron chi connectivity index (χ0n) is 17.1. The summed E-state index contributed by atoms with van der Waals surface area (Å²) in [5.74, 6) is -1.16. The second-order valence-corrected chi connectivity index (χ2v) is 9.01. The molecule has 4 atom stereocenters. The van der Waals surface area contributed by atoms with Crippen molar-refractivity contribution in [3.63, 3.8) is 0 Å². The Morgan fingerprint density at radius 2 is 1.66 bits per heavy atom. The summed E-state index contributed by atoms with van der Waals surface area (Å²) in [6.07, 6.45) is 3.03. The minimum Gasteiger partial charge on any atom is -0.452 e. The van der Waals surface area contributed by atoms with Crippen LogP contribution in [0.3, 0.4) is 0 Å². The maximum atomic E-state index is 12.9. The molecule has 3 aliphatic rings. The normalized spacial score (nSPS) is 25.7. The average molecular weight is 453 g/mol. The summed E-state index contributed by atoms with van der Waals surface area (Å²) in [5.41, 5.74) is 1.19. The minimum atomic E-state index is -0.674. The molecule has 0 unspecified atom stereocenters. The second-order valence-electron chi connectivity index (χ2n) is 8.58. The number of amides is 3. The molecule has 164 valence electrons. The van der Waals surface area contributed by atoms with Crippen molar-refractivity contribution < 1.29 is 23.9 Å². The first-order chi connectivity index (χ1) is 15.4. The monoisotopic (exact) mass is 452 g/mol. The molecule has 1 heterocycles. The molecule has 2 aromatic carbocycles. The van der Waals surface area contributed by atoms with Crippen molar-refractivity contribution >= 4 is 46.7 Å². The number of imide groups is 1. The summed E-state index contributed by atoms with van der Waals surface area (Å²) in [5, 5.41) is 3.07. The van der Waals surface area contributed by atoms with Gasteiger partial charge in [0.1, 0.15) is 0 Å². The van der Waals surface area contributed by atoms with Gasteiger partial charge in [0, 0.05) is 10.7 Å². The molecule has 1 N–H and O–H groups in total. The molecule has 0 spiro atoms. The lowest BCUT2D eigenvalue weighted by Gasteiger charge is -2.19. The molecule has 2 aliphatic carbocycles. The summed E-state index contributed by atoms with van der Waals surface area (Å²) in [7, 11) is 0. The molecule has 2 saturated carbocycles. The Labute approximate surface area is 189 Å². The van der Waals surface area contributed by atoms with Crippen LogP contribution in [0.1, 0.15) is 29.6 Å². The predicted molar refractivity (Wildman–Crippen MR) is 117 cm³/mol. The van der Waals surface area contributed by atoms with Crippen LogP contribution in [0.4, 0.5) is 11.4 Å². The number of benzene rings is 2. The largest absolute Gasteiger partial charge is 0.452 e. The lowest BCUT2D eigenvalue weighted by molar-refractivity contribution is -0.123. The Bertz CT molecular complexity index is 1090. The SMILES string of the molecule is O=C(COC(=O)c1ccc(N2C(=O)[C@@H]3[C@H]4CC[C@@H](C4)[C@@H]3C2=O)cc1)Nc1cccc(Cl)c1. The molecular formula is C24H21ClN2O5. The van der Waals surface area contributed by atoms with Crippen LogP contribution in [0.15, 0.2) is 48.5 Å². The van der Waals surface area contributed by atoms with Crippen LogP contribution in [0, 0.1) is 23.7 Å². The lowest BCUT2D eigenvalue weighted by atomic mass is 9.81. The van der Waals surface area contributed by atoms with Gasteiger partial charge in [0.25, 0.3) is 5.91 Å². The smallest absolute Gasteiger partial charge is 0.338 e. The van der Waals surface area contributed by atoms with Crippen molar-refractivity contribution in [2.24, 2.45) is 23.7 Å². The van der Waals surface area contributed by atoms with E-state index in [4.69, 9.17) is 16.3 Å². The molecule has 8 heteroatoms. The van der Waals surface area contributed by atoms with E-state index in [9.17, 15) is 19.2 Å². The molecule has 1 aliphatic heterocycles. The van der Waals surface area contributed by atoms with Crippen LogP contribution in [0.2, 0.25) is 5.02 Å². The molecule has 2 bridgehead atoms. The molecule has 0 radical (unpaired) electrons. The molecule has 7 nitrogen and oxygen atoms in total. The first-order valence-electron chi connectivity index (χ1n) is 10.6. The number of anilines is 2. The van der Waals surface area contributed by atoms with Crippen LogP contribution >= 0.6 is 11.6 Å². The molecule has 3 amide bonds. The fraction of sp³-hybridized carbons (Fsp3) is 0.333. The quantitative estimate of drug-likeness (QED) is 0.552. The Kier molecular flexibility index (Phi) is 5.21. The van der Waals surface area contributed by atoms with Crippen LogP contribution in [-0.4, -0.2) is 30.3 Å². The van der Waals surface area contributed by atoms with Crippen molar-refractivity contribution in [3.05, 3.63) is 59.1 Å². The minimum absolute atomic E-state index is 0.125. The van der Waals surface area contributed by atoms with E-state index in [-0.39, 0.29) is 29.2 Å². The van der Waals surface area contributed by atoms with Gasteiger partial charge in [-0.2, -0.15) is 0 Å². The molecule has 3 fully saturated rings. The number of nitrogens with zero attached hydrogens (tertiary/aromatic N) is 1. The Morgan fingerprint density at radius 1 is 1.00 bits per heavy atom. The fourth-order valence-corrected chi connectivity index (χ4v) is 5.58. The van der Waals surface area contributed by atoms with E-state index >= 15 is 0 Å². The lowest BCUT2D eigenvalue weighted by Crippen LogP contribution is -2.32. The van der Waals surface area contributed by atoms with E-state index in [1.165, 1.54) is 17.0 Å². The van der Waals surface area contributed by atoms with Gasteiger partial charge >= 0.3 is 5.97 Å². The van der Waals surface area contributed by atoms with Gasteiger partial charge in [-0.25, -0.2) is 4.79 Å². The summed E-state index contributed by atoms with van der Waals surface area (Å²) in [4.78, 5) is 51.4. The Balaban J connectivity index is 1.20. The highest BCUT2D eigenvalue weighted by Gasteiger charge is 2.61. The third-order valence-corrected chi connectivity index (χ3v) is 6.97. The van der Waals surface area contributed by atoms with Crippen LogP contribution < -0.4 is 10.2 Å². The van der Waals surface area contributed by atoms with E-state index in [1.54, 1.807) is 36.4 Å². The van der Waals surface area contributed by atoms with Crippen LogP contribution in [0.5, 0.6) is 0 Å². The second kappa shape index (κ2) is 8.06. The summed E-state index contributed by atoms with van der Waals surface area (Å²) < 4.78 is 5.07. The number of ether oxygens (including phenoxy) is 1. The van der Waals surface area contributed by atoms with Gasteiger partial charge in [0.2, 0.25) is 11.8 Å². The van der Waals surface area contributed by atoms with E-state index in [1.807, 2.05) is 0 Å². The number of halogens is 1. The number of fused-ring (bicyclic) bond motifs is 5. The van der Waals surface area contributed by atoms with Gasteiger partial charge in [-0.05, 0) is 73.6 Å². The van der Waals surface area contributed by atoms with Gasteiger partial charge in [0.15, 0.2) is 6.61 Å². The van der Waals surface area contributed by atoms with Crippen molar-refractivity contribution in [2.45, 2.75) is 19.3 Å². The zero-order chi connectivity index (χ0) is 22.4. The summed E-state index contributed by atoms with van der Waals surface area (Å²) in [6, 6.07) is 12.8. The average Bonchev–Trinajstić information content (AvgIpc) is 3.46. The van der Waals surface area contributed by atoms with Crippen molar-refractivity contribution in [3.8, 4) is 0 Å². The van der Waals surface area contributed by atoms with E-state index in [0.717, 1.165) is 19.3 Å². The van der Waals surface area contributed by atoms with E-state index in [2.05, 4.69) is 5.32 Å². The Hall–Kier alpha value is -3.19. The van der Waals surface area contributed by atoms with Gasteiger partial charge in [-0.1, -0.05) is 17.7 Å². The maximum absolute atomic E-state index is 12.9. The highest BCUT2D eigenvalue weighted by molar-refractivity contribution is 6.30. The van der Waals surface area contributed by atoms with Crippen molar-refractivity contribution in [2.75, 3.05) is 16.8 Å². The van der Waals surface area contributed by atoms with Crippen molar-refractivity contribution in [1.29, 1.82) is 0 Å². The number of rotatable bonds is 5. The number of hydrogen-bond acceptors (Lipinski definition) is 5. The Morgan fingerprint density at radius 3 is 2.28 bits per heavy atom. The number of carbonyl (C=O) groups is 4. The number of nitrogens with one attached hydrogen (secondary N) is 1. The molecule has 1 saturated heterocycles. The van der Waals surface area contributed by atoms with Gasteiger partial charge in [0.05, 0.1) is 23.1 Å². The first-order valence-corrected chi connectivity index (χ1v) is 11.0. The fourth-order valence-electron chi connectivity index (χ4n) is 5.39.